The monoisotopic (exact) mass is 182 g/mol. The van der Waals surface area contributed by atoms with E-state index in [9.17, 15) is 0 Å². The second-order valence-corrected chi connectivity index (χ2v) is 5.70. The lowest BCUT2D eigenvalue weighted by atomic mass is 9.85. The van der Waals surface area contributed by atoms with Crippen molar-refractivity contribution in [2.75, 3.05) is 0 Å². The van der Waals surface area contributed by atoms with Gasteiger partial charge in [-0.05, 0) is 19.3 Å². The molecule has 0 aromatic rings. The molecular formula is C8H16Cl2. The maximum atomic E-state index is 6.10. The van der Waals surface area contributed by atoms with E-state index in [4.69, 9.17) is 23.2 Å². The highest BCUT2D eigenvalue weighted by Gasteiger charge is 2.34. The summed E-state index contributed by atoms with van der Waals surface area (Å²) in [7, 11) is 0. The molecule has 0 aliphatic rings. The number of halogens is 2. The summed E-state index contributed by atoms with van der Waals surface area (Å²) in [4.78, 5) is -0.320. The lowest BCUT2D eigenvalue weighted by molar-refractivity contribution is 0.345. The van der Waals surface area contributed by atoms with Gasteiger partial charge in [-0.1, -0.05) is 20.8 Å². The zero-order valence-corrected chi connectivity index (χ0v) is 8.85. The van der Waals surface area contributed by atoms with Crippen LogP contribution in [0, 0.1) is 5.41 Å². The Hall–Kier alpha value is 0.580. The van der Waals surface area contributed by atoms with Crippen molar-refractivity contribution in [2.24, 2.45) is 5.41 Å². The van der Waals surface area contributed by atoms with Crippen LogP contribution in [0.2, 0.25) is 0 Å². The number of hydrogen-bond donors (Lipinski definition) is 0. The minimum Gasteiger partial charge on any atom is -0.121 e. The maximum absolute atomic E-state index is 6.10. The Kier molecular flexibility index (Phi) is 3.07. The maximum Gasteiger partial charge on any atom is 0.0570 e. The first kappa shape index (κ1) is 10.6. The summed E-state index contributed by atoms with van der Waals surface area (Å²) in [6.07, 6.45) is 0. The number of alkyl halides is 2. The summed E-state index contributed by atoms with van der Waals surface area (Å²) < 4.78 is 0. The Morgan fingerprint density at radius 1 is 1.00 bits per heavy atom. The molecule has 0 amide bonds. The molecular weight excluding hydrogens is 167 g/mol. The van der Waals surface area contributed by atoms with Crippen molar-refractivity contribution >= 4 is 23.2 Å². The van der Waals surface area contributed by atoms with Crippen LogP contribution in [0.4, 0.5) is 0 Å². The third kappa shape index (κ3) is 3.12. The van der Waals surface area contributed by atoms with Crippen molar-refractivity contribution in [2.45, 2.75) is 44.9 Å². The lowest BCUT2D eigenvalue weighted by Crippen LogP contribution is -2.36. The predicted molar refractivity (Wildman–Crippen MR) is 49.0 cm³/mol. The third-order valence-corrected chi connectivity index (χ3v) is 2.89. The van der Waals surface area contributed by atoms with Crippen LogP contribution in [0.15, 0.2) is 0 Å². The van der Waals surface area contributed by atoms with Gasteiger partial charge in [0.25, 0.3) is 0 Å². The van der Waals surface area contributed by atoms with E-state index in [1.807, 2.05) is 13.8 Å². The van der Waals surface area contributed by atoms with Gasteiger partial charge >= 0.3 is 0 Å². The summed E-state index contributed by atoms with van der Waals surface area (Å²) in [6.45, 7) is 10.2. The Balaban J connectivity index is 4.23. The number of rotatable bonds is 1. The minimum atomic E-state index is -0.320. The van der Waals surface area contributed by atoms with Crippen LogP contribution in [0.3, 0.4) is 0 Å². The zero-order valence-electron chi connectivity index (χ0n) is 7.33. The summed E-state index contributed by atoms with van der Waals surface area (Å²) in [6, 6.07) is 0. The molecule has 0 nitrogen and oxygen atoms in total. The Morgan fingerprint density at radius 2 is 1.30 bits per heavy atom. The first-order valence-electron chi connectivity index (χ1n) is 3.48. The summed E-state index contributed by atoms with van der Waals surface area (Å²) in [5, 5.41) is 0.00154. The second kappa shape index (κ2) is 2.91. The van der Waals surface area contributed by atoms with E-state index in [2.05, 4.69) is 20.8 Å². The largest absolute Gasteiger partial charge is 0.121 e. The van der Waals surface area contributed by atoms with Gasteiger partial charge in [0.15, 0.2) is 0 Å². The van der Waals surface area contributed by atoms with Gasteiger partial charge in [-0.25, -0.2) is 0 Å². The summed E-state index contributed by atoms with van der Waals surface area (Å²) in [5.74, 6) is 0. The summed E-state index contributed by atoms with van der Waals surface area (Å²) in [5.41, 5.74) is 0.0762. The van der Waals surface area contributed by atoms with E-state index in [1.54, 1.807) is 0 Å². The quantitative estimate of drug-likeness (QED) is 0.544. The molecule has 0 fully saturated rings. The number of hydrogen-bond acceptors (Lipinski definition) is 0. The highest BCUT2D eigenvalue weighted by Crippen LogP contribution is 2.36. The van der Waals surface area contributed by atoms with Crippen LogP contribution < -0.4 is 0 Å². The molecule has 0 aliphatic heterocycles. The smallest absolute Gasteiger partial charge is 0.0570 e. The molecule has 10 heavy (non-hydrogen) atoms. The first-order chi connectivity index (χ1) is 4.15. The zero-order chi connectivity index (χ0) is 8.58. The molecule has 62 valence electrons. The molecule has 0 heterocycles. The minimum absolute atomic E-state index is 0.00154. The van der Waals surface area contributed by atoms with Crippen LogP contribution in [0.5, 0.6) is 0 Å². The molecule has 0 aliphatic carbocycles. The molecule has 0 aromatic carbocycles. The molecule has 0 bridgehead atoms. The lowest BCUT2D eigenvalue weighted by Gasteiger charge is -2.33. The van der Waals surface area contributed by atoms with Gasteiger partial charge < -0.3 is 0 Å². The van der Waals surface area contributed by atoms with Crippen LogP contribution in [0.25, 0.3) is 0 Å². The SMILES string of the molecule is CC(C)(C)C(Cl)C(C)(C)Cl. The van der Waals surface area contributed by atoms with Gasteiger partial charge in [0.05, 0.1) is 10.3 Å². The van der Waals surface area contributed by atoms with E-state index < -0.39 is 0 Å². The molecule has 0 radical (unpaired) electrons. The van der Waals surface area contributed by atoms with Crippen molar-refractivity contribution < 1.29 is 0 Å². The van der Waals surface area contributed by atoms with Crippen molar-refractivity contribution in [3.63, 3.8) is 0 Å². The van der Waals surface area contributed by atoms with Gasteiger partial charge in [-0.2, -0.15) is 0 Å². The average Bonchev–Trinajstić information content (AvgIpc) is 1.59. The highest BCUT2D eigenvalue weighted by atomic mass is 35.5. The molecule has 0 spiro atoms. The van der Waals surface area contributed by atoms with Crippen LogP contribution in [-0.2, 0) is 0 Å². The molecule has 0 saturated carbocycles. The van der Waals surface area contributed by atoms with E-state index in [0.717, 1.165) is 0 Å². The normalized spacial score (nSPS) is 17.1. The van der Waals surface area contributed by atoms with Crippen molar-refractivity contribution in [3.8, 4) is 0 Å². The van der Waals surface area contributed by atoms with Gasteiger partial charge in [0.1, 0.15) is 0 Å². The molecule has 0 saturated heterocycles. The first-order valence-corrected chi connectivity index (χ1v) is 4.30. The fraction of sp³-hybridized carbons (Fsp3) is 1.00. The third-order valence-electron chi connectivity index (χ3n) is 1.36. The predicted octanol–water partition coefficient (Wildman–Crippen LogP) is 3.66. The average molecular weight is 183 g/mol. The highest BCUT2D eigenvalue weighted by molar-refractivity contribution is 6.32. The van der Waals surface area contributed by atoms with E-state index in [1.165, 1.54) is 0 Å². The topological polar surface area (TPSA) is 0 Å². The van der Waals surface area contributed by atoms with Crippen LogP contribution in [-0.4, -0.2) is 10.3 Å². The fourth-order valence-electron chi connectivity index (χ4n) is 1.03. The van der Waals surface area contributed by atoms with Crippen molar-refractivity contribution in [1.29, 1.82) is 0 Å². The molecule has 1 unspecified atom stereocenters. The molecule has 1 atom stereocenters. The van der Waals surface area contributed by atoms with Gasteiger partial charge in [-0.3, -0.25) is 0 Å². The van der Waals surface area contributed by atoms with Crippen LogP contribution in [0.1, 0.15) is 34.6 Å². The summed E-state index contributed by atoms with van der Waals surface area (Å²) >= 11 is 12.1. The van der Waals surface area contributed by atoms with Crippen molar-refractivity contribution in [3.05, 3.63) is 0 Å². The van der Waals surface area contributed by atoms with E-state index in [0.29, 0.717) is 0 Å². The Morgan fingerprint density at radius 3 is 1.30 bits per heavy atom. The Bertz CT molecular complexity index is 91.4. The molecule has 0 aromatic heterocycles. The Labute approximate surface area is 73.9 Å². The van der Waals surface area contributed by atoms with E-state index in [-0.39, 0.29) is 15.7 Å². The molecule has 2 heteroatoms. The van der Waals surface area contributed by atoms with Crippen LogP contribution >= 0.6 is 23.2 Å². The van der Waals surface area contributed by atoms with Crippen molar-refractivity contribution in [1.82, 2.24) is 0 Å². The van der Waals surface area contributed by atoms with Gasteiger partial charge in [-0.15, -0.1) is 23.2 Å². The van der Waals surface area contributed by atoms with Gasteiger partial charge in [0.2, 0.25) is 0 Å². The second-order valence-electron chi connectivity index (χ2n) is 4.29. The molecule has 0 rings (SSSR count). The van der Waals surface area contributed by atoms with Gasteiger partial charge in [0, 0.05) is 0 Å². The van der Waals surface area contributed by atoms with E-state index >= 15 is 0 Å². The fourth-order valence-corrected chi connectivity index (χ4v) is 1.36. The standard InChI is InChI=1S/C8H16Cl2/c1-7(2,3)6(9)8(4,5)10/h6H,1-5H3. The molecule has 0 N–H and O–H groups in total.